The maximum absolute atomic E-state index is 10.6. The van der Waals surface area contributed by atoms with Gasteiger partial charge >= 0.3 is 5.97 Å². The van der Waals surface area contributed by atoms with Crippen molar-refractivity contribution < 1.29 is 14.6 Å². The van der Waals surface area contributed by atoms with Gasteiger partial charge in [-0.3, -0.25) is 4.79 Å². The van der Waals surface area contributed by atoms with Gasteiger partial charge in [0.25, 0.3) is 0 Å². The molecule has 0 aromatic heterocycles. The third-order valence-electron chi connectivity index (χ3n) is 1.36. The third-order valence-corrected chi connectivity index (χ3v) is 1.36. The summed E-state index contributed by atoms with van der Waals surface area (Å²) in [6.07, 6.45) is 1.06. The lowest BCUT2D eigenvalue weighted by Gasteiger charge is -2.06. The molecule has 0 bridgehead atoms. The Labute approximate surface area is 61.0 Å². The van der Waals surface area contributed by atoms with E-state index in [1.165, 1.54) is 7.11 Å². The van der Waals surface area contributed by atoms with Gasteiger partial charge in [-0.15, -0.1) is 0 Å². The molecule has 0 rings (SSSR count). The van der Waals surface area contributed by atoms with Gasteiger partial charge in [0.1, 0.15) is 0 Å². The number of ether oxygens (including phenoxy) is 1. The zero-order valence-electron chi connectivity index (χ0n) is 6.46. The van der Waals surface area contributed by atoms with Gasteiger partial charge in [0.05, 0.1) is 7.11 Å². The lowest BCUT2D eigenvalue weighted by atomic mass is 10.1. The first-order chi connectivity index (χ1) is 4.70. The van der Waals surface area contributed by atoms with E-state index >= 15 is 0 Å². The van der Waals surface area contributed by atoms with Gasteiger partial charge in [0.2, 0.25) is 0 Å². The summed E-state index contributed by atoms with van der Waals surface area (Å²) in [7, 11) is 1.37. The molecule has 0 aliphatic rings. The summed E-state index contributed by atoms with van der Waals surface area (Å²) >= 11 is 0. The molecule has 0 fully saturated rings. The quantitative estimate of drug-likeness (QED) is 0.590. The van der Waals surface area contributed by atoms with Crippen LogP contribution in [0.25, 0.3) is 0 Å². The number of hydrogen-bond acceptors (Lipinski definition) is 3. The third kappa shape index (κ3) is 4.32. The summed E-state index contributed by atoms with van der Waals surface area (Å²) < 4.78 is 4.45. The molecule has 0 saturated heterocycles. The van der Waals surface area contributed by atoms with Crippen molar-refractivity contribution in [1.29, 1.82) is 0 Å². The Morgan fingerprint density at radius 2 is 2.30 bits per heavy atom. The van der Waals surface area contributed by atoms with E-state index in [0.29, 0.717) is 12.8 Å². The van der Waals surface area contributed by atoms with Crippen LogP contribution < -0.4 is 0 Å². The second-order valence-corrected chi connectivity index (χ2v) is 2.40. The molecule has 0 radical (unpaired) electrons. The van der Waals surface area contributed by atoms with Crippen LogP contribution in [-0.4, -0.2) is 24.8 Å². The van der Waals surface area contributed by atoms with Crippen LogP contribution >= 0.6 is 0 Å². The molecule has 1 N–H and O–H groups in total. The Bertz CT molecular complexity index is 101. The molecule has 60 valence electrons. The summed E-state index contributed by atoms with van der Waals surface area (Å²) in [5, 5.41) is 8.47. The molecular weight excluding hydrogens is 132 g/mol. The number of carbonyl (C=O) groups excluding carboxylic acids is 1. The van der Waals surface area contributed by atoms with Crippen LogP contribution in [0.2, 0.25) is 0 Å². The normalized spacial score (nSPS) is 12.7. The zero-order valence-corrected chi connectivity index (χ0v) is 6.46. The second-order valence-electron chi connectivity index (χ2n) is 2.40. The summed E-state index contributed by atoms with van der Waals surface area (Å²) in [6.45, 7) is 2.05. The first-order valence-electron chi connectivity index (χ1n) is 3.38. The molecule has 3 heteroatoms. The Kier molecular flexibility index (Phi) is 4.94. The van der Waals surface area contributed by atoms with E-state index < -0.39 is 0 Å². The minimum Gasteiger partial charge on any atom is -0.469 e. The number of carbonyl (C=O) groups is 1. The van der Waals surface area contributed by atoms with Crippen molar-refractivity contribution in [2.75, 3.05) is 13.7 Å². The molecule has 0 aromatic rings. The molecule has 0 aliphatic carbocycles. The van der Waals surface area contributed by atoms with Gasteiger partial charge in [0, 0.05) is 13.0 Å². The van der Waals surface area contributed by atoms with Gasteiger partial charge in [-0.1, -0.05) is 6.92 Å². The highest BCUT2D eigenvalue weighted by Crippen LogP contribution is 2.06. The van der Waals surface area contributed by atoms with Gasteiger partial charge in [-0.05, 0) is 12.3 Å². The smallest absolute Gasteiger partial charge is 0.305 e. The van der Waals surface area contributed by atoms with E-state index in [1.807, 2.05) is 6.92 Å². The predicted octanol–water partition coefficient (Wildman–Crippen LogP) is 0.568. The highest BCUT2D eigenvalue weighted by Gasteiger charge is 2.07. The maximum Gasteiger partial charge on any atom is 0.305 e. The largest absolute Gasteiger partial charge is 0.469 e. The molecule has 10 heavy (non-hydrogen) atoms. The molecule has 0 amide bonds. The van der Waals surface area contributed by atoms with Crippen molar-refractivity contribution >= 4 is 5.97 Å². The monoisotopic (exact) mass is 146 g/mol. The molecule has 0 spiro atoms. The minimum absolute atomic E-state index is 0.137. The van der Waals surface area contributed by atoms with Crippen molar-refractivity contribution in [3.8, 4) is 0 Å². The SMILES string of the molecule is COC(=O)C[C@H](C)CCO. The van der Waals surface area contributed by atoms with Crippen LogP contribution in [0.4, 0.5) is 0 Å². The van der Waals surface area contributed by atoms with Crippen LogP contribution in [0.15, 0.2) is 0 Å². The highest BCUT2D eigenvalue weighted by atomic mass is 16.5. The topological polar surface area (TPSA) is 46.5 Å². The molecule has 0 unspecified atom stereocenters. The molecule has 3 nitrogen and oxygen atoms in total. The minimum atomic E-state index is -0.207. The van der Waals surface area contributed by atoms with Crippen LogP contribution in [0.3, 0.4) is 0 Å². The lowest BCUT2D eigenvalue weighted by molar-refractivity contribution is -0.141. The van der Waals surface area contributed by atoms with Crippen LogP contribution in [-0.2, 0) is 9.53 Å². The van der Waals surface area contributed by atoms with E-state index in [-0.39, 0.29) is 18.5 Å². The first kappa shape index (κ1) is 9.43. The maximum atomic E-state index is 10.6. The van der Waals surface area contributed by atoms with Crippen molar-refractivity contribution in [3.63, 3.8) is 0 Å². The standard InChI is InChI=1S/C7H14O3/c1-6(3-4-8)5-7(9)10-2/h6,8H,3-5H2,1-2H3/t6-/m1/s1. The fourth-order valence-corrected chi connectivity index (χ4v) is 0.690. The van der Waals surface area contributed by atoms with E-state index in [0.717, 1.165) is 0 Å². The van der Waals surface area contributed by atoms with Gasteiger partial charge in [0.15, 0.2) is 0 Å². The molecular formula is C7H14O3. The van der Waals surface area contributed by atoms with Crippen LogP contribution in [0, 0.1) is 5.92 Å². The predicted molar refractivity (Wildman–Crippen MR) is 37.5 cm³/mol. The molecule has 0 saturated carbocycles. The Hall–Kier alpha value is -0.570. The summed E-state index contributed by atoms with van der Waals surface area (Å²) in [5.74, 6) is 0.0124. The number of rotatable bonds is 4. The Balaban J connectivity index is 3.37. The number of aliphatic hydroxyl groups excluding tert-OH is 1. The van der Waals surface area contributed by atoms with E-state index in [9.17, 15) is 4.79 Å². The fourth-order valence-electron chi connectivity index (χ4n) is 0.690. The van der Waals surface area contributed by atoms with Crippen molar-refractivity contribution in [2.24, 2.45) is 5.92 Å². The number of aliphatic hydroxyl groups is 1. The van der Waals surface area contributed by atoms with Crippen molar-refractivity contribution in [2.45, 2.75) is 19.8 Å². The van der Waals surface area contributed by atoms with Crippen LogP contribution in [0.5, 0.6) is 0 Å². The van der Waals surface area contributed by atoms with Crippen molar-refractivity contribution in [1.82, 2.24) is 0 Å². The van der Waals surface area contributed by atoms with E-state index in [2.05, 4.69) is 4.74 Å². The first-order valence-corrected chi connectivity index (χ1v) is 3.38. The Morgan fingerprint density at radius 3 is 2.70 bits per heavy atom. The molecule has 1 atom stereocenters. The number of methoxy groups -OCH3 is 1. The summed E-state index contributed by atoms with van der Waals surface area (Å²) in [6, 6.07) is 0. The number of esters is 1. The van der Waals surface area contributed by atoms with Gasteiger partial charge < -0.3 is 9.84 Å². The lowest BCUT2D eigenvalue weighted by Crippen LogP contribution is -2.08. The summed E-state index contributed by atoms with van der Waals surface area (Å²) in [4.78, 5) is 10.6. The average molecular weight is 146 g/mol. The molecule has 0 aromatic carbocycles. The van der Waals surface area contributed by atoms with Crippen molar-refractivity contribution in [3.05, 3.63) is 0 Å². The Morgan fingerprint density at radius 1 is 1.70 bits per heavy atom. The van der Waals surface area contributed by atoms with Gasteiger partial charge in [-0.2, -0.15) is 0 Å². The zero-order chi connectivity index (χ0) is 7.98. The molecule has 0 aliphatic heterocycles. The number of hydrogen-bond donors (Lipinski definition) is 1. The second kappa shape index (κ2) is 5.23. The van der Waals surface area contributed by atoms with Gasteiger partial charge in [-0.25, -0.2) is 0 Å². The summed E-state index contributed by atoms with van der Waals surface area (Å²) in [5.41, 5.74) is 0. The van der Waals surface area contributed by atoms with E-state index in [4.69, 9.17) is 5.11 Å². The van der Waals surface area contributed by atoms with Crippen LogP contribution in [0.1, 0.15) is 19.8 Å². The molecule has 0 heterocycles. The highest BCUT2D eigenvalue weighted by molar-refractivity contribution is 5.69. The fraction of sp³-hybridized carbons (Fsp3) is 0.857. The average Bonchev–Trinajstić information content (AvgIpc) is 1.88. The van der Waals surface area contributed by atoms with E-state index in [1.54, 1.807) is 0 Å².